The fraction of sp³-hybridized carbons (Fsp3) is 0.750. The molecule has 1 atom stereocenters. The van der Waals surface area contributed by atoms with Gasteiger partial charge in [-0.05, 0) is 44.9 Å². The van der Waals surface area contributed by atoms with E-state index in [1.54, 1.807) is 0 Å². The SMILES string of the molecule is Cc1nc(C(O)CC(C)C)c(C)nc1CCC(C)C. The van der Waals surface area contributed by atoms with E-state index in [4.69, 9.17) is 0 Å². The van der Waals surface area contributed by atoms with Crippen LogP contribution in [0.4, 0.5) is 0 Å². The van der Waals surface area contributed by atoms with Crippen LogP contribution >= 0.6 is 0 Å². The van der Waals surface area contributed by atoms with Gasteiger partial charge in [-0.3, -0.25) is 9.97 Å². The normalized spacial score (nSPS) is 13.3. The zero-order valence-electron chi connectivity index (χ0n) is 13.2. The van der Waals surface area contributed by atoms with Crippen molar-refractivity contribution in [1.29, 1.82) is 0 Å². The van der Waals surface area contributed by atoms with Gasteiger partial charge in [0.05, 0.1) is 28.9 Å². The highest BCUT2D eigenvalue weighted by Crippen LogP contribution is 2.23. The molecular formula is C16H28N2O. The molecule has 1 heterocycles. The number of aliphatic hydroxyl groups excluding tert-OH is 1. The van der Waals surface area contributed by atoms with Crippen LogP contribution in [0.3, 0.4) is 0 Å². The first-order chi connectivity index (χ1) is 8.81. The third-order valence-corrected chi connectivity index (χ3v) is 3.35. The monoisotopic (exact) mass is 264 g/mol. The van der Waals surface area contributed by atoms with Gasteiger partial charge >= 0.3 is 0 Å². The molecule has 0 fully saturated rings. The minimum absolute atomic E-state index is 0.456. The van der Waals surface area contributed by atoms with E-state index in [0.717, 1.165) is 42.0 Å². The van der Waals surface area contributed by atoms with Crippen molar-refractivity contribution < 1.29 is 5.11 Å². The highest BCUT2D eigenvalue weighted by Gasteiger charge is 2.17. The Balaban J connectivity index is 2.90. The molecule has 0 saturated heterocycles. The van der Waals surface area contributed by atoms with Crippen LogP contribution < -0.4 is 0 Å². The lowest BCUT2D eigenvalue weighted by molar-refractivity contribution is 0.145. The maximum atomic E-state index is 10.2. The van der Waals surface area contributed by atoms with Gasteiger partial charge in [0.15, 0.2) is 0 Å². The van der Waals surface area contributed by atoms with Gasteiger partial charge in [-0.2, -0.15) is 0 Å². The van der Waals surface area contributed by atoms with E-state index in [0.29, 0.717) is 11.8 Å². The summed E-state index contributed by atoms with van der Waals surface area (Å²) in [6.07, 6.45) is 2.34. The molecule has 3 heteroatoms. The molecule has 1 unspecified atom stereocenters. The maximum absolute atomic E-state index is 10.2. The van der Waals surface area contributed by atoms with Crippen molar-refractivity contribution in [3.8, 4) is 0 Å². The second kappa shape index (κ2) is 6.99. The second-order valence-electron chi connectivity index (χ2n) is 6.30. The zero-order valence-corrected chi connectivity index (χ0v) is 13.2. The molecule has 0 aliphatic carbocycles. The Labute approximate surface area is 117 Å². The molecule has 0 aromatic carbocycles. The van der Waals surface area contributed by atoms with Gasteiger partial charge < -0.3 is 5.11 Å². The van der Waals surface area contributed by atoms with Crippen LogP contribution in [-0.2, 0) is 6.42 Å². The number of nitrogens with zero attached hydrogens (tertiary/aromatic N) is 2. The quantitative estimate of drug-likeness (QED) is 0.851. The summed E-state index contributed by atoms with van der Waals surface area (Å²) in [5.74, 6) is 1.13. The molecule has 0 aliphatic heterocycles. The molecule has 0 bridgehead atoms. The number of hydrogen-bond acceptors (Lipinski definition) is 3. The predicted molar refractivity (Wildman–Crippen MR) is 79.1 cm³/mol. The summed E-state index contributed by atoms with van der Waals surface area (Å²) in [7, 11) is 0. The first-order valence-electron chi connectivity index (χ1n) is 7.33. The summed E-state index contributed by atoms with van der Waals surface area (Å²) in [5.41, 5.74) is 3.66. The average molecular weight is 264 g/mol. The number of hydrogen-bond donors (Lipinski definition) is 1. The van der Waals surface area contributed by atoms with E-state index >= 15 is 0 Å². The van der Waals surface area contributed by atoms with Crippen LogP contribution in [0, 0.1) is 25.7 Å². The molecule has 0 radical (unpaired) electrons. The fourth-order valence-electron chi connectivity index (χ4n) is 2.20. The van der Waals surface area contributed by atoms with Crippen molar-refractivity contribution in [2.24, 2.45) is 11.8 Å². The van der Waals surface area contributed by atoms with Gasteiger partial charge in [-0.1, -0.05) is 27.7 Å². The molecule has 108 valence electrons. The van der Waals surface area contributed by atoms with Crippen molar-refractivity contribution in [3.05, 3.63) is 22.8 Å². The van der Waals surface area contributed by atoms with Gasteiger partial charge in [-0.15, -0.1) is 0 Å². The average Bonchev–Trinajstić information content (AvgIpc) is 2.28. The Morgan fingerprint density at radius 1 is 0.947 bits per heavy atom. The molecular weight excluding hydrogens is 236 g/mol. The summed E-state index contributed by atoms with van der Waals surface area (Å²) < 4.78 is 0. The molecule has 1 rings (SSSR count). The van der Waals surface area contributed by atoms with Gasteiger partial charge in [0.1, 0.15) is 0 Å². The van der Waals surface area contributed by atoms with Crippen LogP contribution in [0.2, 0.25) is 0 Å². The van der Waals surface area contributed by atoms with Gasteiger partial charge in [-0.25, -0.2) is 0 Å². The zero-order chi connectivity index (χ0) is 14.6. The highest BCUT2D eigenvalue weighted by molar-refractivity contribution is 5.20. The van der Waals surface area contributed by atoms with E-state index in [-0.39, 0.29) is 0 Å². The van der Waals surface area contributed by atoms with Gasteiger partial charge in [0.25, 0.3) is 0 Å². The Hall–Kier alpha value is -0.960. The van der Waals surface area contributed by atoms with Crippen molar-refractivity contribution in [2.75, 3.05) is 0 Å². The van der Waals surface area contributed by atoms with E-state index in [9.17, 15) is 5.11 Å². The van der Waals surface area contributed by atoms with Crippen LogP contribution in [0.25, 0.3) is 0 Å². The maximum Gasteiger partial charge on any atom is 0.0980 e. The van der Waals surface area contributed by atoms with E-state index < -0.39 is 6.10 Å². The van der Waals surface area contributed by atoms with Crippen LogP contribution in [-0.4, -0.2) is 15.1 Å². The molecule has 1 N–H and O–H groups in total. The number of rotatable bonds is 6. The lowest BCUT2D eigenvalue weighted by Gasteiger charge is -2.16. The third-order valence-electron chi connectivity index (χ3n) is 3.35. The van der Waals surface area contributed by atoms with Crippen molar-refractivity contribution in [3.63, 3.8) is 0 Å². The summed E-state index contributed by atoms with van der Waals surface area (Å²) in [6.45, 7) is 12.6. The highest BCUT2D eigenvalue weighted by atomic mass is 16.3. The number of aliphatic hydroxyl groups is 1. The lowest BCUT2D eigenvalue weighted by Crippen LogP contribution is -2.11. The minimum Gasteiger partial charge on any atom is -0.387 e. The van der Waals surface area contributed by atoms with Gasteiger partial charge in [0.2, 0.25) is 0 Å². The van der Waals surface area contributed by atoms with Crippen molar-refractivity contribution in [1.82, 2.24) is 9.97 Å². The number of aryl methyl sites for hydroxylation is 3. The minimum atomic E-state index is -0.495. The summed E-state index contributed by atoms with van der Waals surface area (Å²) in [4.78, 5) is 9.24. The second-order valence-corrected chi connectivity index (χ2v) is 6.30. The number of aromatic nitrogens is 2. The third kappa shape index (κ3) is 4.90. The van der Waals surface area contributed by atoms with E-state index in [1.165, 1.54) is 0 Å². The van der Waals surface area contributed by atoms with Crippen LogP contribution in [0.1, 0.15) is 69.4 Å². The Bertz CT molecular complexity index is 413. The van der Waals surface area contributed by atoms with Crippen molar-refractivity contribution >= 4 is 0 Å². The lowest BCUT2D eigenvalue weighted by atomic mass is 10.0. The summed E-state index contributed by atoms with van der Waals surface area (Å²) >= 11 is 0. The first kappa shape index (κ1) is 16.1. The van der Waals surface area contributed by atoms with Crippen molar-refractivity contribution in [2.45, 2.75) is 66.9 Å². The molecule has 19 heavy (non-hydrogen) atoms. The largest absolute Gasteiger partial charge is 0.387 e. The molecule has 0 aliphatic rings. The van der Waals surface area contributed by atoms with Gasteiger partial charge in [0, 0.05) is 0 Å². The van der Waals surface area contributed by atoms with E-state index in [2.05, 4.69) is 37.7 Å². The molecule has 0 spiro atoms. The smallest absolute Gasteiger partial charge is 0.0980 e. The standard InChI is InChI=1S/C16H28N2O/c1-10(2)7-8-14-12(5)18-16(13(6)17-14)15(19)9-11(3)4/h10-11,15,19H,7-9H2,1-6H3. The molecule has 3 nitrogen and oxygen atoms in total. The molecule has 1 aromatic rings. The fourth-order valence-corrected chi connectivity index (χ4v) is 2.20. The summed E-state index contributed by atoms with van der Waals surface area (Å²) in [5, 5.41) is 10.2. The molecule has 0 amide bonds. The summed E-state index contributed by atoms with van der Waals surface area (Å²) in [6, 6.07) is 0. The van der Waals surface area contributed by atoms with Crippen LogP contribution in [0.5, 0.6) is 0 Å². The van der Waals surface area contributed by atoms with Crippen LogP contribution in [0.15, 0.2) is 0 Å². The van der Waals surface area contributed by atoms with E-state index in [1.807, 2.05) is 13.8 Å². The first-order valence-corrected chi connectivity index (χ1v) is 7.33. The Morgan fingerprint density at radius 2 is 1.58 bits per heavy atom. The molecule has 0 saturated carbocycles. The Morgan fingerprint density at radius 3 is 2.11 bits per heavy atom. The Kier molecular flexibility index (Phi) is 5.92. The molecule has 1 aromatic heterocycles. The predicted octanol–water partition coefficient (Wildman–Crippen LogP) is 3.76. The topological polar surface area (TPSA) is 46.0 Å².